The van der Waals surface area contributed by atoms with E-state index in [2.05, 4.69) is 22.0 Å². The van der Waals surface area contributed by atoms with Crippen LogP contribution in [0, 0.1) is 20.8 Å². The van der Waals surface area contributed by atoms with Crippen LogP contribution in [-0.4, -0.2) is 137 Å². The van der Waals surface area contributed by atoms with Gasteiger partial charge in [0, 0.05) is 63.9 Å². The number of carboxylic acid groups (broad SMARTS) is 1. The van der Waals surface area contributed by atoms with Crippen molar-refractivity contribution < 1.29 is 56.8 Å². The molecule has 1 saturated heterocycles. The number of allylic oxidation sites excluding steroid dienone is 1. The zero-order valence-electron chi connectivity index (χ0n) is 35.3. The van der Waals surface area contributed by atoms with Crippen LogP contribution in [-0.2, 0) is 38.1 Å². The summed E-state index contributed by atoms with van der Waals surface area (Å²) in [5, 5.41) is 16.5. The summed E-state index contributed by atoms with van der Waals surface area (Å²) in [5.41, 5.74) is 8.10. The van der Waals surface area contributed by atoms with Gasteiger partial charge in [-0.3, -0.25) is 33.8 Å². The van der Waals surface area contributed by atoms with Gasteiger partial charge in [-0.05, 0) is 63.4 Å². The number of anilines is 1. The molecule has 4 N–H and O–H groups in total. The molecule has 4 amide bonds. The molecule has 2 aromatic rings. The quantitative estimate of drug-likeness (QED) is 0.0874. The molecule has 3 aliphatic rings. The molecule has 4 heterocycles. The van der Waals surface area contributed by atoms with Crippen molar-refractivity contribution in [2.45, 2.75) is 60.8 Å². The average molecular weight is 824 g/mol. The SMILES string of the molecule is CCNC(=O)c1c(C)c2n(c1C)B(F)[N+]1=C(C)C(C(=O)NCCOCCOCCOCCOCCC(=O)O)=C(C)C1=C2c1ccc(N(C)C)c(C)c1.O=C1CCC(=O)N1. The van der Waals surface area contributed by atoms with Crippen LogP contribution in [0.1, 0.15) is 78.5 Å². The number of halogens is 1. The van der Waals surface area contributed by atoms with Crippen LogP contribution in [0.15, 0.2) is 35.0 Å². The molecule has 0 bridgehead atoms. The molecule has 5 rings (SSSR count). The van der Waals surface area contributed by atoms with Gasteiger partial charge in [0.05, 0.1) is 76.1 Å². The van der Waals surface area contributed by atoms with Gasteiger partial charge in [0.15, 0.2) is 11.4 Å². The van der Waals surface area contributed by atoms with Crippen molar-refractivity contribution in [1.82, 2.24) is 20.4 Å². The zero-order chi connectivity index (χ0) is 43.4. The summed E-state index contributed by atoms with van der Waals surface area (Å²) in [7, 11) is 2.29. The first-order valence-electron chi connectivity index (χ1n) is 19.8. The van der Waals surface area contributed by atoms with Crippen LogP contribution in [0.5, 0.6) is 0 Å². The number of fused-ring (bicyclic) bond motifs is 2. The topological polar surface area (TPSA) is 190 Å². The van der Waals surface area contributed by atoms with E-state index in [4.69, 9.17) is 24.1 Å². The monoisotopic (exact) mass is 823 g/mol. The van der Waals surface area contributed by atoms with Crippen LogP contribution < -0.4 is 20.9 Å². The van der Waals surface area contributed by atoms with Crippen molar-refractivity contribution in [3.05, 3.63) is 68.7 Å². The molecule has 0 unspecified atom stereocenters. The van der Waals surface area contributed by atoms with E-state index in [0.717, 1.165) is 22.4 Å². The van der Waals surface area contributed by atoms with Gasteiger partial charge < -0.3 is 39.6 Å². The summed E-state index contributed by atoms with van der Waals surface area (Å²) in [4.78, 5) is 59.7. The van der Waals surface area contributed by atoms with Crippen LogP contribution in [0.2, 0.25) is 0 Å². The van der Waals surface area contributed by atoms with Crippen LogP contribution in [0.25, 0.3) is 5.57 Å². The number of benzene rings is 1. The lowest BCUT2D eigenvalue weighted by Gasteiger charge is -2.23. The molecule has 0 spiro atoms. The van der Waals surface area contributed by atoms with Gasteiger partial charge in [-0.2, -0.15) is 0 Å². The highest BCUT2D eigenvalue weighted by Gasteiger charge is 2.55. The molecule has 0 aliphatic carbocycles. The minimum atomic E-state index is -1.68. The molecule has 0 radical (unpaired) electrons. The summed E-state index contributed by atoms with van der Waals surface area (Å²) in [6.45, 7) is 14.3. The Bertz CT molecular complexity index is 2010. The van der Waals surface area contributed by atoms with Crippen LogP contribution in [0.4, 0.5) is 10.0 Å². The molecule has 18 heteroatoms. The highest BCUT2D eigenvalue weighted by atomic mass is 19.1. The second-order valence-corrected chi connectivity index (χ2v) is 14.4. The number of aromatic nitrogens is 1. The normalized spacial score (nSPS) is 14.6. The highest BCUT2D eigenvalue weighted by molar-refractivity contribution is 6.45. The number of aryl methyl sites for hydroxylation is 1. The van der Waals surface area contributed by atoms with Crippen molar-refractivity contribution in [2.24, 2.45) is 0 Å². The largest absolute Gasteiger partial charge is 0.846 e. The third-order valence-corrected chi connectivity index (χ3v) is 10.0. The van der Waals surface area contributed by atoms with E-state index < -0.39 is 13.2 Å². The Balaban J connectivity index is 0.000000991. The Labute approximate surface area is 344 Å². The maximum atomic E-state index is 16.9. The molecule has 1 fully saturated rings. The molecule has 0 atom stereocenters. The summed E-state index contributed by atoms with van der Waals surface area (Å²) in [5.74, 6) is -1.77. The van der Waals surface area contributed by atoms with Gasteiger partial charge in [0.25, 0.3) is 11.8 Å². The fraction of sp³-hybridized carbons (Fsp3) is 0.512. The molecule has 59 heavy (non-hydrogen) atoms. The third-order valence-electron chi connectivity index (χ3n) is 10.0. The number of hydrogen-bond acceptors (Lipinski definition) is 10. The standard InChI is InChI=1S/C37H51BFN5O8.C4H5NO2/c1-9-40-36(47)31-24(3)34-33(28-10-11-29(42(7)8)23(2)22-28)35-25(4)32(27(6)44(35)38(39)43(34)26(31)5)37(48)41-13-15-50-17-19-52-21-20-51-18-16-49-14-12-30(45)46;6-3-1-2-4(7)5-3/h10-11,22H,9,12-21H2,1-8H3,(H2-,40,41,45,46,47,48);1-2H2,(H,5,6,7)/p+1. The predicted molar refractivity (Wildman–Crippen MR) is 220 cm³/mol. The van der Waals surface area contributed by atoms with Gasteiger partial charge >= 0.3 is 13.2 Å². The average Bonchev–Trinajstić information content (AvgIpc) is 3.78. The first-order valence-corrected chi connectivity index (χ1v) is 19.8. The van der Waals surface area contributed by atoms with Crippen LogP contribution >= 0.6 is 0 Å². The second-order valence-electron chi connectivity index (χ2n) is 14.4. The summed E-state index contributed by atoms with van der Waals surface area (Å²) < 4.78 is 41.7. The smallest absolute Gasteiger partial charge is 0.481 e. The van der Waals surface area contributed by atoms with Gasteiger partial charge in [0.1, 0.15) is 5.57 Å². The molecule has 1 aromatic heterocycles. The number of aliphatic carboxylic acids is 1. The maximum Gasteiger partial charge on any atom is 0.846 e. The van der Waals surface area contributed by atoms with E-state index in [0.29, 0.717) is 104 Å². The van der Waals surface area contributed by atoms with Crippen molar-refractivity contribution in [3.63, 3.8) is 0 Å². The fourth-order valence-electron chi connectivity index (χ4n) is 7.35. The molecule has 1 aromatic carbocycles. The Kier molecular flexibility index (Phi) is 17.1. The Morgan fingerprint density at radius 1 is 0.881 bits per heavy atom. The van der Waals surface area contributed by atoms with Gasteiger partial charge in [0.2, 0.25) is 11.8 Å². The fourth-order valence-corrected chi connectivity index (χ4v) is 7.35. The minimum Gasteiger partial charge on any atom is -0.481 e. The van der Waals surface area contributed by atoms with E-state index in [9.17, 15) is 24.0 Å². The molecule has 0 saturated carbocycles. The van der Waals surface area contributed by atoms with E-state index >= 15 is 4.32 Å². The van der Waals surface area contributed by atoms with Gasteiger partial charge in [-0.15, -0.1) is 0 Å². The number of amides is 4. The van der Waals surface area contributed by atoms with Gasteiger partial charge in [-0.1, -0.05) is 6.07 Å². The number of carbonyl (C=O) groups excluding carboxylic acids is 4. The number of ether oxygens (including phenoxy) is 4. The van der Waals surface area contributed by atoms with Crippen molar-refractivity contribution >= 4 is 53.8 Å². The third kappa shape index (κ3) is 11.3. The summed E-state index contributed by atoms with van der Waals surface area (Å²) in [6.07, 6.45) is 0.711. The summed E-state index contributed by atoms with van der Waals surface area (Å²) in [6, 6.07) is 6.12. The van der Waals surface area contributed by atoms with E-state index in [-0.39, 0.29) is 49.8 Å². The van der Waals surface area contributed by atoms with E-state index in [1.807, 2.05) is 58.8 Å². The maximum absolute atomic E-state index is 16.9. The number of hydrogen-bond donors (Lipinski definition) is 4. The predicted octanol–water partition coefficient (Wildman–Crippen LogP) is 2.69. The van der Waals surface area contributed by atoms with Gasteiger partial charge in [-0.25, -0.2) is 8.80 Å². The summed E-state index contributed by atoms with van der Waals surface area (Å²) >= 11 is 0. The number of carbonyl (C=O) groups is 5. The molecule has 320 valence electrons. The molecular formula is C41H57BFN6O10+. The van der Waals surface area contributed by atoms with E-state index in [1.165, 1.54) is 0 Å². The number of nitrogens with zero attached hydrogens (tertiary/aromatic N) is 3. The zero-order valence-corrected chi connectivity index (χ0v) is 35.3. The molecular weight excluding hydrogens is 766 g/mol. The number of nitrogens with one attached hydrogen (secondary N) is 3. The Morgan fingerprint density at radius 3 is 1.97 bits per heavy atom. The first kappa shape index (κ1) is 46.5. The van der Waals surface area contributed by atoms with Crippen molar-refractivity contribution in [1.29, 1.82) is 0 Å². The first-order chi connectivity index (χ1) is 28.1. The Morgan fingerprint density at radius 2 is 1.46 bits per heavy atom. The molecule has 16 nitrogen and oxygen atoms in total. The number of carboxylic acids is 1. The lowest BCUT2D eigenvalue weighted by atomic mass is 9.86. The number of rotatable bonds is 20. The van der Waals surface area contributed by atoms with E-state index in [1.54, 1.807) is 22.8 Å². The molecule has 3 aliphatic heterocycles. The van der Waals surface area contributed by atoms with Crippen LogP contribution in [0.3, 0.4) is 0 Å². The van der Waals surface area contributed by atoms with Crippen molar-refractivity contribution in [3.8, 4) is 0 Å². The second kappa shape index (κ2) is 21.7. The highest BCUT2D eigenvalue weighted by Crippen LogP contribution is 2.44. The minimum absolute atomic E-state index is 0.0371. The lowest BCUT2D eigenvalue weighted by Crippen LogP contribution is -2.41. The number of imide groups is 1. The Hall–Kier alpha value is -5.17. The van der Waals surface area contributed by atoms with Crippen molar-refractivity contribution in [2.75, 3.05) is 84.9 Å². The lowest BCUT2D eigenvalue weighted by molar-refractivity contribution is -0.337.